The Labute approximate surface area is 195 Å². The Kier molecular flexibility index (Phi) is 7.13. The second-order valence-electron chi connectivity index (χ2n) is 9.32. The minimum Gasteiger partial charge on any atom is -0.381 e. The molecule has 1 unspecified atom stereocenters. The van der Waals surface area contributed by atoms with Crippen LogP contribution in [0.1, 0.15) is 62.9 Å². The highest BCUT2D eigenvalue weighted by atomic mass is 19.1. The van der Waals surface area contributed by atoms with Gasteiger partial charge in [0, 0.05) is 25.6 Å². The van der Waals surface area contributed by atoms with Gasteiger partial charge < -0.3 is 10.2 Å². The number of nitrogens with zero attached hydrogens (tertiary/aromatic N) is 3. The maximum atomic E-state index is 14.7. The van der Waals surface area contributed by atoms with Crippen molar-refractivity contribution in [1.82, 2.24) is 14.5 Å². The quantitative estimate of drug-likeness (QED) is 0.490. The molecule has 4 rings (SSSR count). The average molecular weight is 451 g/mol. The fourth-order valence-electron chi connectivity index (χ4n) is 4.74. The molecule has 33 heavy (non-hydrogen) atoms. The van der Waals surface area contributed by atoms with E-state index in [9.17, 15) is 9.18 Å². The number of aromatic nitrogens is 2. The lowest BCUT2D eigenvalue weighted by Crippen LogP contribution is -2.28. The van der Waals surface area contributed by atoms with E-state index >= 15 is 0 Å². The van der Waals surface area contributed by atoms with Gasteiger partial charge in [0.25, 0.3) is 5.56 Å². The summed E-state index contributed by atoms with van der Waals surface area (Å²) < 4.78 is 16.5. The van der Waals surface area contributed by atoms with E-state index in [4.69, 9.17) is 4.98 Å². The number of halogens is 1. The Morgan fingerprint density at radius 3 is 2.58 bits per heavy atom. The van der Waals surface area contributed by atoms with Crippen molar-refractivity contribution in [1.29, 1.82) is 0 Å². The summed E-state index contributed by atoms with van der Waals surface area (Å²) in [6.45, 7) is 12.7. The van der Waals surface area contributed by atoms with Crippen LogP contribution >= 0.6 is 0 Å². The van der Waals surface area contributed by atoms with Crippen molar-refractivity contribution in [2.45, 2.75) is 58.9 Å². The summed E-state index contributed by atoms with van der Waals surface area (Å²) in [5, 5.41) is 3.55. The van der Waals surface area contributed by atoms with Crippen LogP contribution in [0.4, 0.5) is 10.1 Å². The minimum absolute atomic E-state index is 0.138. The smallest absolute Gasteiger partial charge is 0.261 e. The summed E-state index contributed by atoms with van der Waals surface area (Å²) >= 11 is 0. The Morgan fingerprint density at radius 1 is 1.18 bits per heavy atom. The first-order valence-corrected chi connectivity index (χ1v) is 12.2. The number of nitrogens with one attached hydrogen (secondary N) is 1. The summed E-state index contributed by atoms with van der Waals surface area (Å²) in [5.74, 6) is 1.12. The predicted molar refractivity (Wildman–Crippen MR) is 134 cm³/mol. The van der Waals surface area contributed by atoms with Crippen LogP contribution in [0.2, 0.25) is 0 Å². The van der Waals surface area contributed by atoms with Crippen LogP contribution < -0.4 is 10.9 Å². The first-order chi connectivity index (χ1) is 15.9. The zero-order valence-corrected chi connectivity index (χ0v) is 20.2. The Morgan fingerprint density at radius 2 is 1.91 bits per heavy atom. The SMILES string of the molecule is CCN(CC)CCNc1cc2nc3n(c(=O)c2cc1F)CCC3Cc1ccc(C(C)C)cc1. The van der Waals surface area contributed by atoms with E-state index in [1.165, 1.54) is 17.2 Å². The molecule has 0 spiro atoms. The highest BCUT2D eigenvalue weighted by Gasteiger charge is 2.27. The molecule has 2 heterocycles. The molecule has 1 N–H and O–H groups in total. The average Bonchev–Trinajstić information content (AvgIpc) is 3.20. The van der Waals surface area contributed by atoms with E-state index in [-0.39, 0.29) is 11.5 Å². The molecule has 0 saturated heterocycles. The van der Waals surface area contributed by atoms with Gasteiger partial charge in [-0.15, -0.1) is 0 Å². The fourth-order valence-corrected chi connectivity index (χ4v) is 4.74. The largest absolute Gasteiger partial charge is 0.381 e. The maximum absolute atomic E-state index is 14.7. The summed E-state index contributed by atoms with van der Waals surface area (Å²) in [5.41, 5.74) is 3.42. The molecule has 6 heteroatoms. The van der Waals surface area contributed by atoms with Gasteiger partial charge in [-0.25, -0.2) is 9.37 Å². The van der Waals surface area contributed by atoms with E-state index < -0.39 is 5.82 Å². The van der Waals surface area contributed by atoms with Crippen LogP contribution in [-0.2, 0) is 13.0 Å². The number of hydrogen-bond acceptors (Lipinski definition) is 4. The van der Waals surface area contributed by atoms with Gasteiger partial charge in [-0.3, -0.25) is 9.36 Å². The molecular formula is C27H35FN4O. The summed E-state index contributed by atoms with van der Waals surface area (Å²) in [6.07, 6.45) is 1.73. The summed E-state index contributed by atoms with van der Waals surface area (Å²) in [7, 11) is 0. The van der Waals surface area contributed by atoms with Gasteiger partial charge in [0.2, 0.25) is 0 Å². The topological polar surface area (TPSA) is 50.2 Å². The zero-order valence-electron chi connectivity index (χ0n) is 20.2. The molecule has 1 aliphatic heterocycles. The molecule has 0 bridgehead atoms. The van der Waals surface area contributed by atoms with Gasteiger partial charge >= 0.3 is 0 Å². The number of fused-ring (bicyclic) bond motifs is 2. The van der Waals surface area contributed by atoms with E-state index in [0.717, 1.165) is 38.3 Å². The normalized spacial score (nSPS) is 15.5. The third kappa shape index (κ3) is 4.96. The van der Waals surface area contributed by atoms with Crippen molar-refractivity contribution in [2.75, 3.05) is 31.5 Å². The second-order valence-corrected chi connectivity index (χ2v) is 9.32. The van der Waals surface area contributed by atoms with Crippen molar-refractivity contribution in [3.05, 3.63) is 69.5 Å². The van der Waals surface area contributed by atoms with Crippen LogP contribution in [0.3, 0.4) is 0 Å². The first-order valence-electron chi connectivity index (χ1n) is 12.2. The molecule has 1 atom stereocenters. The lowest BCUT2D eigenvalue weighted by molar-refractivity contribution is 0.316. The number of benzene rings is 2. The third-order valence-corrected chi connectivity index (χ3v) is 6.91. The molecule has 5 nitrogen and oxygen atoms in total. The monoisotopic (exact) mass is 450 g/mol. The van der Waals surface area contributed by atoms with E-state index in [1.54, 1.807) is 10.6 Å². The molecule has 176 valence electrons. The fraction of sp³-hybridized carbons (Fsp3) is 0.481. The number of anilines is 1. The van der Waals surface area contributed by atoms with Gasteiger partial charge in [0.05, 0.1) is 16.6 Å². The van der Waals surface area contributed by atoms with Gasteiger partial charge in [-0.2, -0.15) is 0 Å². The predicted octanol–water partition coefficient (Wildman–Crippen LogP) is 5.14. The molecule has 0 saturated carbocycles. The number of hydrogen-bond donors (Lipinski definition) is 1. The van der Waals surface area contributed by atoms with Gasteiger partial charge in [-0.05, 0) is 55.1 Å². The Hall–Kier alpha value is -2.73. The summed E-state index contributed by atoms with van der Waals surface area (Å²) in [6, 6.07) is 11.8. The molecule has 0 amide bonds. The molecule has 1 aliphatic rings. The molecule has 0 aliphatic carbocycles. The molecule has 0 radical (unpaired) electrons. The van der Waals surface area contributed by atoms with Gasteiger partial charge in [-0.1, -0.05) is 52.0 Å². The highest BCUT2D eigenvalue weighted by molar-refractivity contribution is 5.82. The zero-order chi connectivity index (χ0) is 23.5. The standard InChI is InChI=1S/C27H35FN4O/c1-5-31(6-2)14-12-29-25-17-24-22(16-23(25)28)27(33)32-13-11-21(26(32)30-24)15-19-7-9-20(10-8-19)18(3)4/h7-10,16-18,21,29H,5-6,11-15H2,1-4H3. The minimum atomic E-state index is -0.402. The van der Waals surface area contributed by atoms with Crippen molar-refractivity contribution in [2.24, 2.45) is 0 Å². The van der Waals surface area contributed by atoms with E-state index in [1.807, 2.05) is 0 Å². The lowest BCUT2D eigenvalue weighted by Gasteiger charge is -2.19. The first kappa shape index (κ1) is 23.4. The van der Waals surface area contributed by atoms with Crippen molar-refractivity contribution < 1.29 is 4.39 Å². The lowest BCUT2D eigenvalue weighted by atomic mass is 9.95. The number of rotatable bonds is 9. The van der Waals surface area contributed by atoms with Crippen molar-refractivity contribution in [3.8, 4) is 0 Å². The maximum Gasteiger partial charge on any atom is 0.261 e. The van der Waals surface area contributed by atoms with Gasteiger partial charge in [0.15, 0.2) is 0 Å². The molecule has 1 aromatic heterocycles. The Bertz CT molecular complexity index is 1170. The molecule has 0 fully saturated rings. The third-order valence-electron chi connectivity index (χ3n) is 6.91. The molecule has 2 aromatic carbocycles. The van der Waals surface area contributed by atoms with E-state index in [0.29, 0.717) is 35.6 Å². The van der Waals surface area contributed by atoms with Crippen molar-refractivity contribution >= 4 is 16.6 Å². The van der Waals surface area contributed by atoms with Gasteiger partial charge in [0.1, 0.15) is 11.6 Å². The van der Waals surface area contributed by atoms with Crippen molar-refractivity contribution in [3.63, 3.8) is 0 Å². The Balaban J connectivity index is 1.58. The van der Waals surface area contributed by atoms with Crippen LogP contribution in [-0.4, -0.2) is 40.6 Å². The number of likely N-dealkylation sites (N-methyl/N-ethyl adjacent to an activating group) is 1. The second kappa shape index (κ2) is 10.0. The van der Waals surface area contributed by atoms with Crippen LogP contribution in [0.15, 0.2) is 41.2 Å². The molecule has 3 aromatic rings. The van der Waals surface area contributed by atoms with E-state index in [2.05, 4.69) is 62.2 Å². The van der Waals surface area contributed by atoms with Crippen LogP contribution in [0.5, 0.6) is 0 Å². The summed E-state index contributed by atoms with van der Waals surface area (Å²) in [4.78, 5) is 20.3. The van der Waals surface area contributed by atoms with Crippen LogP contribution in [0.25, 0.3) is 10.9 Å². The highest BCUT2D eigenvalue weighted by Crippen LogP contribution is 2.31. The van der Waals surface area contributed by atoms with Crippen LogP contribution in [0, 0.1) is 5.82 Å². The molecular weight excluding hydrogens is 415 g/mol.